The number of para-hydroxylation sites is 2. The molecule has 0 spiro atoms. The van der Waals surface area contributed by atoms with Gasteiger partial charge in [0.05, 0.1) is 14.2 Å². The first-order valence-corrected chi connectivity index (χ1v) is 15.2. The molecule has 4 aromatic rings. The monoisotopic (exact) mass is 628 g/mol. The minimum Gasteiger partial charge on any atom is -0.467 e. The average molecular weight is 629 g/mol. The summed E-state index contributed by atoms with van der Waals surface area (Å²) in [7, 11) is 2.58. The fraction of sp³-hybridized carbons (Fsp3) is 0.353. The number of ether oxygens (including phenoxy) is 2. The topological polar surface area (TPSA) is 159 Å². The van der Waals surface area contributed by atoms with Gasteiger partial charge in [-0.3, -0.25) is 19.2 Å². The van der Waals surface area contributed by atoms with Crippen molar-refractivity contribution in [3.8, 4) is 0 Å². The summed E-state index contributed by atoms with van der Waals surface area (Å²) in [5, 5.41) is 1.86. The molecule has 46 heavy (non-hydrogen) atoms. The molecule has 2 N–H and O–H groups in total. The van der Waals surface area contributed by atoms with Gasteiger partial charge in [-0.25, -0.2) is 9.59 Å². The molecule has 6 rings (SSSR count). The molecular formula is C34H36N4O8. The molecule has 2 aliphatic heterocycles. The first-order chi connectivity index (χ1) is 22.2. The van der Waals surface area contributed by atoms with E-state index in [1.165, 1.54) is 24.0 Å². The van der Waals surface area contributed by atoms with E-state index in [2.05, 4.69) is 9.97 Å². The Bertz CT molecular complexity index is 1660. The van der Waals surface area contributed by atoms with E-state index in [0.717, 1.165) is 32.9 Å². The number of Topliss-reactive ketones (excluding diaryl/α,β-unsaturated/α-hetero) is 2. The Morgan fingerprint density at radius 3 is 1.43 bits per heavy atom. The molecule has 4 heterocycles. The number of amides is 2. The number of ketones is 2. The highest BCUT2D eigenvalue weighted by molar-refractivity contribution is 6.37. The van der Waals surface area contributed by atoms with Gasteiger partial charge in [0, 0.05) is 60.1 Å². The van der Waals surface area contributed by atoms with Crippen LogP contribution < -0.4 is 0 Å². The molecule has 2 aliphatic rings. The van der Waals surface area contributed by atoms with E-state index < -0.39 is 47.4 Å². The zero-order valence-corrected chi connectivity index (χ0v) is 25.7. The number of hydrogen-bond donors (Lipinski definition) is 2. The first kappa shape index (κ1) is 32.1. The Labute approximate surface area is 265 Å². The number of carbonyl (C=O) groups is 6. The molecule has 0 bridgehead atoms. The molecule has 0 saturated carbocycles. The Balaban J connectivity index is 0.000000181. The Hall–Kier alpha value is -5.26. The molecule has 2 saturated heterocycles. The SMILES string of the molecule is COC(=O)[C@@H]1CCCN1C(=O)C(=O)Cc1c[nH]c2ccccc12.COC(=O)[C@H]1CCCN1C(=O)C(=O)Cc1c[nH]c2ccccc12. The highest BCUT2D eigenvalue weighted by Gasteiger charge is 2.38. The lowest BCUT2D eigenvalue weighted by Crippen LogP contribution is -2.44. The second-order valence-electron chi connectivity index (χ2n) is 11.3. The van der Waals surface area contributed by atoms with Gasteiger partial charge in [0.15, 0.2) is 0 Å². The number of likely N-dealkylation sites (tertiary alicyclic amines) is 2. The van der Waals surface area contributed by atoms with Gasteiger partial charge in [-0.1, -0.05) is 36.4 Å². The van der Waals surface area contributed by atoms with Crippen molar-refractivity contribution >= 4 is 57.1 Å². The number of aromatic amines is 2. The number of rotatable bonds is 8. The summed E-state index contributed by atoms with van der Waals surface area (Å²) in [4.78, 5) is 81.7. The fourth-order valence-corrected chi connectivity index (χ4v) is 6.15. The standard InChI is InChI=1S/2C17H18N2O4/c2*1-23-17(22)14-7-4-8-19(14)16(21)15(20)9-11-10-18-13-6-3-2-5-12(11)13/h2*2-3,5-6,10,14,18H,4,7-9H2,1H3/t2*14-/m10/s1. The predicted molar refractivity (Wildman–Crippen MR) is 168 cm³/mol. The lowest BCUT2D eigenvalue weighted by atomic mass is 10.1. The quantitative estimate of drug-likeness (QED) is 0.223. The minimum absolute atomic E-state index is 0.0211. The van der Waals surface area contributed by atoms with Crippen LogP contribution in [0, 0.1) is 0 Å². The smallest absolute Gasteiger partial charge is 0.328 e. The largest absolute Gasteiger partial charge is 0.467 e. The molecular weight excluding hydrogens is 592 g/mol. The summed E-state index contributed by atoms with van der Waals surface area (Å²) in [5.41, 5.74) is 3.42. The van der Waals surface area contributed by atoms with Crippen molar-refractivity contribution in [3.63, 3.8) is 0 Å². The van der Waals surface area contributed by atoms with Crippen molar-refractivity contribution in [1.82, 2.24) is 19.8 Å². The van der Waals surface area contributed by atoms with E-state index >= 15 is 0 Å². The van der Waals surface area contributed by atoms with Crippen molar-refractivity contribution in [2.24, 2.45) is 0 Å². The summed E-state index contributed by atoms with van der Waals surface area (Å²) >= 11 is 0. The van der Waals surface area contributed by atoms with Gasteiger partial charge in [-0.15, -0.1) is 0 Å². The summed E-state index contributed by atoms with van der Waals surface area (Å²) < 4.78 is 9.42. The number of carbonyl (C=O) groups excluding carboxylic acids is 6. The van der Waals surface area contributed by atoms with Gasteiger partial charge in [-0.2, -0.15) is 0 Å². The highest BCUT2D eigenvalue weighted by atomic mass is 16.5. The van der Waals surface area contributed by atoms with Crippen molar-refractivity contribution in [1.29, 1.82) is 0 Å². The molecule has 2 atom stereocenters. The van der Waals surface area contributed by atoms with E-state index in [9.17, 15) is 28.8 Å². The minimum atomic E-state index is -0.639. The Morgan fingerprint density at radius 1 is 0.652 bits per heavy atom. The predicted octanol–water partition coefficient (Wildman–Crippen LogP) is 2.89. The summed E-state index contributed by atoms with van der Waals surface area (Å²) in [5.74, 6) is -3.16. The van der Waals surface area contributed by atoms with Crippen molar-refractivity contribution in [2.75, 3.05) is 27.3 Å². The zero-order valence-electron chi connectivity index (χ0n) is 25.7. The van der Waals surface area contributed by atoms with Crippen LogP contribution in [0.1, 0.15) is 36.8 Å². The van der Waals surface area contributed by atoms with Crippen LogP contribution in [0.4, 0.5) is 0 Å². The van der Waals surface area contributed by atoms with Crippen LogP contribution in [0.25, 0.3) is 21.8 Å². The third-order valence-corrected chi connectivity index (χ3v) is 8.50. The first-order valence-electron chi connectivity index (χ1n) is 15.2. The number of nitrogens with one attached hydrogen (secondary N) is 2. The maximum Gasteiger partial charge on any atom is 0.328 e. The van der Waals surface area contributed by atoms with E-state index in [-0.39, 0.29) is 12.8 Å². The highest BCUT2D eigenvalue weighted by Crippen LogP contribution is 2.23. The van der Waals surface area contributed by atoms with Crippen LogP contribution in [0.15, 0.2) is 60.9 Å². The second-order valence-corrected chi connectivity index (χ2v) is 11.3. The second kappa shape index (κ2) is 14.2. The number of hydrogen-bond acceptors (Lipinski definition) is 8. The molecule has 2 aromatic carbocycles. The van der Waals surface area contributed by atoms with Gasteiger partial charge < -0.3 is 29.2 Å². The van der Waals surface area contributed by atoms with Gasteiger partial charge in [-0.05, 0) is 48.9 Å². The van der Waals surface area contributed by atoms with Crippen LogP contribution in [0.2, 0.25) is 0 Å². The fourth-order valence-electron chi connectivity index (χ4n) is 6.15. The Kier molecular flexibility index (Phi) is 9.94. The van der Waals surface area contributed by atoms with Crippen LogP contribution in [-0.2, 0) is 51.1 Å². The van der Waals surface area contributed by atoms with Gasteiger partial charge in [0.25, 0.3) is 11.8 Å². The van der Waals surface area contributed by atoms with Crippen molar-refractivity contribution in [3.05, 3.63) is 72.1 Å². The molecule has 0 aliphatic carbocycles. The number of esters is 2. The van der Waals surface area contributed by atoms with Gasteiger partial charge in [0.1, 0.15) is 12.1 Å². The number of nitrogens with zero attached hydrogens (tertiary/aromatic N) is 2. The summed E-state index contributed by atoms with van der Waals surface area (Å²) in [6, 6.07) is 14.0. The molecule has 0 radical (unpaired) electrons. The van der Waals surface area contributed by atoms with Crippen molar-refractivity contribution in [2.45, 2.75) is 50.6 Å². The van der Waals surface area contributed by atoms with E-state index in [1.54, 1.807) is 12.4 Å². The van der Waals surface area contributed by atoms with Crippen LogP contribution >= 0.6 is 0 Å². The molecule has 2 aromatic heterocycles. The lowest BCUT2D eigenvalue weighted by Gasteiger charge is -2.21. The molecule has 240 valence electrons. The zero-order chi connectivity index (χ0) is 32.8. The number of aromatic nitrogens is 2. The van der Waals surface area contributed by atoms with Crippen LogP contribution in [-0.4, -0.2) is 94.5 Å². The summed E-state index contributed by atoms with van der Waals surface area (Å²) in [6.45, 7) is 0.830. The van der Waals surface area contributed by atoms with Crippen LogP contribution in [0.5, 0.6) is 0 Å². The molecule has 0 unspecified atom stereocenters. The Morgan fingerprint density at radius 2 is 1.04 bits per heavy atom. The maximum atomic E-state index is 12.4. The number of methoxy groups -OCH3 is 2. The van der Waals surface area contributed by atoms with Crippen molar-refractivity contribution < 1.29 is 38.2 Å². The van der Waals surface area contributed by atoms with Crippen LogP contribution in [0.3, 0.4) is 0 Å². The molecule has 2 amide bonds. The van der Waals surface area contributed by atoms with E-state index in [4.69, 9.17) is 9.47 Å². The summed E-state index contributed by atoms with van der Waals surface area (Å²) in [6.07, 6.45) is 6.02. The average Bonchev–Trinajstić information content (AvgIpc) is 3.90. The van der Waals surface area contributed by atoms with Gasteiger partial charge >= 0.3 is 11.9 Å². The number of fused-ring (bicyclic) bond motifs is 2. The number of H-pyrrole nitrogens is 2. The van der Waals surface area contributed by atoms with Gasteiger partial charge in [0.2, 0.25) is 11.6 Å². The van der Waals surface area contributed by atoms with E-state index in [1.807, 2.05) is 48.5 Å². The maximum absolute atomic E-state index is 12.4. The third-order valence-electron chi connectivity index (χ3n) is 8.50. The lowest BCUT2D eigenvalue weighted by molar-refractivity contribution is -0.153. The molecule has 12 heteroatoms. The normalized spacial score (nSPS) is 17.4. The number of benzene rings is 2. The van der Waals surface area contributed by atoms with E-state index in [0.29, 0.717) is 38.8 Å². The molecule has 12 nitrogen and oxygen atoms in total. The molecule has 2 fully saturated rings. The third kappa shape index (κ3) is 6.70.